The lowest BCUT2D eigenvalue weighted by atomic mass is 10.3. The first-order valence-electron chi connectivity index (χ1n) is 5.20. The molecule has 0 aliphatic heterocycles. The summed E-state index contributed by atoms with van der Waals surface area (Å²) in [5.41, 5.74) is 1.00. The van der Waals surface area contributed by atoms with Crippen LogP contribution in [-0.4, -0.2) is 15.1 Å². The first-order valence-corrected chi connectivity index (χ1v) is 6.01. The van der Waals surface area contributed by atoms with Crippen molar-refractivity contribution in [1.82, 2.24) is 15.1 Å². The molecule has 0 aliphatic carbocycles. The van der Waals surface area contributed by atoms with E-state index < -0.39 is 0 Å². The van der Waals surface area contributed by atoms with Crippen molar-refractivity contribution in [1.29, 1.82) is 0 Å². The van der Waals surface area contributed by atoms with Gasteiger partial charge in [0.05, 0.1) is 16.8 Å². The topological polar surface area (TPSA) is 63.8 Å². The first-order chi connectivity index (χ1) is 8.31. The molecule has 0 radical (unpaired) electrons. The number of nitrogens with one attached hydrogen (secondary N) is 1. The number of benzene rings is 1. The van der Waals surface area contributed by atoms with E-state index in [0.717, 1.165) is 15.3 Å². The predicted molar refractivity (Wildman–Crippen MR) is 66.0 cm³/mol. The summed E-state index contributed by atoms with van der Waals surface area (Å²) in [4.78, 5) is 8.57. The summed E-state index contributed by atoms with van der Waals surface area (Å²) >= 11 is 1.61. The molecule has 86 valence electrons. The highest BCUT2D eigenvalue weighted by molar-refractivity contribution is 7.22. The quantitative estimate of drug-likeness (QED) is 0.769. The lowest BCUT2D eigenvalue weighted by Crippen LogP contribution is -1.98. The van der Waals surface area contributed by atoms with Crippen LogP contribution in [0.25, 0.3) is 10.2 Å². The summed E-state index contributed by atoms with van der Waals surface area (Å²) in [6, 6.07) is 8.03. The highest BCUT2D eigenvalue weighted by Crippen LogP contribution is 2.25. The molecule has 6 heteroatoms. The summed E-state index contributed by atoms with van der Waals surface area (Å²) in [5.74, 6) is 1.22. The second-order valence-corrected chi connectivity index (χ2v) is 4.61. The van der Waals surface area contributed by atoms with Crippen LogP contribution < -0.4 is 5.32 Å². The van der Waals surface area contributed by atoms with Crippen LogP contribution in [-0.2, 0) is 6.54 Å². The molecule has 0 unspecified atom stereocenters. The highest BCUT2D eigenvalue weighted by atomic mass is 32.1. The third-order valence-corrected chi connectivity index (χ3v) is 3.25. The van der Waals surface area contributed by atoms with Gasteiger partial charge in [-0.25, -0.2) is 4.98 Å². The van der Waals surface area contributed by atoms with Crippen LogP contribution in [0.2, 0.25) is 0 Å². The molecule has 0 amide bonds. The van der Waals surface area contributed by atoms with Gasteiger partial charge in [0.25, 0.3) is 0 Å². The van der Waals surface area contributed by atoms with Crippen LogP contribution in [0.3, 0.4) is 0 Å². The Morgan fingerprint density at radius 3 is 2.94 bits per heavy atom. The van der Waals surface area contributed by atoms with E-state index in [9.17, 15) is 0 Å². The maximum absolute atomic E-state index is 5.01. The minimum atomic E-state index is 0.501. The first kappa shape index (κ1) is 10.2. The Kier molecular flexibility index (Phi) is 2.49. The summed E-state index contributed by atoms with van der Waals surface area (Å²) in [5, 5.41) is 7.77. The van der Waals surface area contributed by atoms with E-state index in [4.69, 9.17) is 4.52 Å². The minimum absolute atomic E-state index is 0.501. The number of rotatable bonds is 3. The molecule has 2 heterocycles. The molecule has 3 rings (SSSR count). The van der Waals surface area contributed by atoms with Crippen molar-refractivity contribution < 1.29 is 4.52 Å². The van der Waals surface area contributed by atoms with Gasteiger partial charge in [-0.05, 0) is 19.1 Å². The lowest BCUT2D eigenvalue weighted by molar-refractivity contribution is 0.379. The average Bonchev–Trinajstić information content (AvgIpc) is 2.91. The Balaban J connectivity index is 1.76. The largest absolute Gasteiger partial charge is 0.352 e. The van der Waals surface area contributed by atoms with Gasteiger partial charge in [0.1, 0.15) is 0 Å². The second-order valence-electron chi connectivity index (χ2n) is 3.58. The molecule has 2 aromatic heterocycles. The minimum Gasteiger partial charge on any atom is -0.352 e. The predicted octanol–water partition coefficient (Wildman–Crippen LogP) is 2.60. The van der Waals surface area contributed by atoms with Crippen molar-refractivity contribution in [2.24, 2.45) is 0 Å². The number of anilines is 1. The van der Waals surface area contributed by atoms with Crippen molar-refractivity contribution in [3.8, 4) is 0 Å². The fraction of sp³-hybridized carbons (Fsp3) is 0.182. The smallest absolute Gasteiger partial charge is 0.246 e. The number of hydrogen-bond acceptors (Lipinski definition) is 6. The Morgan fingerprint density at radius 2 is 2.18 bits per heavy atom. The van der Waals surface area contributed by atoms with Gasteiger partial charge >= 0.3 is 0 Å². The second kappa shape index (κ2) is 4.14. The SMILES string of the molecule is Cc1noc(CNc2nc3ccccc3s2)n1. The molecule has 0 atom stereocenters. The molecule has 0 saturated carbocycles. The molecule has 0 saturated heterocycles. The van der Waals surface area contributed by atoms with Crippen LogP contribution in [0.5, 0.6) is 0 Å². The van der Waals surface area contributed by atoms with E-state index >= 15 is 0 Å². The zero-order valence-electron chi connectivity index (χ0n) is 9.17. The molecule has 0 fully saturated rings. The van der Waals surface area contributed by atoms with Gasteiger partial charge in [-0.1, -0.05) is 28.6 Å². The van der Waals surface area contributed by atoms with Gasteiger partial charge in [0.15, 0.2) is 11.0 Å². The Bertz CT molecular complexity index is 613. The number of fused-ring (bicyclic) bond motifs is 1. The Labute approximate surface area is 101 Å². The maximum atomic E-state index is 5.01. The normalized spacial score (nSPS) is 10.9. The van der Waals surface area contributed by atoms with E-state index in [1.54, 1.807) is 18.3 Å². The molecule has 17 heavy (non-hydrogen) atoms. The molecule has 5 nitrogen and oxygen atoms in total. The van der Waals surface area contributed by atoms with E-state index in [1.165, 1.54) is 0 Å². The van der Waals surface area contributed by atoms with Crippen molar-refractivity contribution in [2.45, 2.75) is 13.5 Å². The van der Waals surface area contributed by atoms with Crippen LogP contribution in [0.15, 0.2) is 28.8 Å². The Morgan fingerprint density at radius 1 is 1.29 bits per heavy atom. The molecular weight excluding hydrogens is 236 g/mol. The monoisotopic (exact) mass is 246 g/mol. The summed E-state index contributed by atoms with van der Waals surface area (Å²) in [7, 11) is 0. The van der Waals surface area contributed by atoms with E-state index in [0.29, 0.717) is 18.3 Å². The van der Waals surface area contributed by atoms with Gasteiger partial charge in [-0.3, -0.25) is 0 Å². The van der Waals surface area contributed by atoms with E-state index in [2.05, 4.69) is 26.5 Å². The van der Waals surface area contributed by atoms with Gasteiger partial charge in [-0.2, -0.15) is 4.98 Å². The number of thiazole rings is 1. The lowest BCUT2D eigenvalue weighted by Gasteiger charge is -1.95. The van der Waals surface area contributed by atoms with Crippen LogP contribution in [0, 0.1) is 6.92 Å². The number of hydrogen-bond donors (Lipinski definition) is 1. The Hall–Kier alpha value is -1.95. The van der Waals surface area contributed by atoms with Gasteiger partial charge < -0.3 is 9.84 Å². The summed E-state index contributed by atoms with van der Waals surface area (Å²) in [6.45, 7) is 2.30. The fourth-order valence-electron chi connectivity index (χ4n) is 1.51. The molecule has 1 N–H and O–H groups in total. The van der Waals surface area contributed by atoms with Crippen molar-refractivity contribution in [2.75, 3.05) is 5.32 Å². The van der Waals surface area contributed by atoms with Crippen LogP contribution in [0.4, 0.5) is 5.13 Å². The molecule has 3 aromatic rings. The number of aromatic nitrogens is 3. The number of para-hydroxylation sites is 1. The van der Waals surface area contributed by atoms with E-state index in [-0.39, 0.29) is 0 Å². The van der Waals surface area contributed by atoms with Gasteiger partial charge in [-0.15, -0.1) is 0 Å². The molecule has 1 aromatic carbocycles. The van der Waals surface area contributed by atoms with Crippen molar-refractivity contribution in [3.63, 3.8) is 0 Å². The summed E-state index contributed by atoms with van der Waals surface area (Å²) in [6.07, 6.45) is 0. The highest BCUT2D eigenvalue weighted by Gasteiger charge is 2.05. The van der Waals surface area contributed by atoms with Gasteiger partial charge in [0.2, 0.25) is 5.89 Å². The number of aryl methyl sites for hydroxylation is 1. The van der Waals surface area contributed by atoms with E-state index in [1.807, 2.05) is 18.2 Å². The van der Waals surface area contributed by atoms with Crippen LogP contribution in [0.1, 0.15) is 11.7 Å². The zero-order chi connectivity index (χ0) is 11.7. The molecule has 0 bridgehead atoms. The average molecular weight is 246 g/mol. The fourth-order valence-corrected chi connectivity index (χ4v) is 2.37. The molecular formula is C11H10N4OS. The number of nitrogens with zero attached hydrogens (tertiary/aromatic N) is 3. The third kappa shape index (κ3) is 2.12. The summed E-state index contributed by atoms with van der Waals surface area (Å²) < 4.78 is 6.18. The molecule has 0 spiro atoms. The third-order valence-electron chi connectivity index (χ3n) is 2.25. The molecule has 0 aliphatic rings. The van der Waals surface area contributed by atoms with Gasteiger partial charge in [0, 0.05) is 0 Å². The van der Waals surface area contributed by atoms with Crippen molar-refractivity contribution >= 4 is 26.7 Å². The van der Waals surface area contributed by atoms with Crippen molar-refractivity contribution in [3.05, 3.63) is 36.0 Å². The van der Waals surface area contributed by atoms with Crippen LogP contribution >= 0.6 is 11.3 Å². The zero-order valence-corrected chi connectivity index (χ0v) is 9.99. The standard InChI is InChI=1S/C11H10N4OS/c1-7-13-10(16-15-7)6-12-11-14-8-4-2-3-5-9(8)17-11/h2-5H,6H2,1H3,(H,12,14). The maximum Gasteiger partial charge on any atom is 0.246 e.